The van der Waals surface area contributed by atoms with Crippen LogP contribution < -0.4 is 0 Å². The van der Waals surface area contributed by atoms with Gasteiger partial charge in [0, 0.05) is 12.2 Å². The summed E-state index contributed by atoms with van der Waals surface area (Å²) in [7, 11) is 0. The van der Waals surface area contributed by atoms with E-state index in [0.29, 0.717) is 25.4 Å². The molecule has 0 amide bonds. The van der Waals surface area contributed by atoms with Crippen molar-refractivity contribution in [3.8, 4) is 0 Å². The Morgan fingerprint density at radius 3 is 2.27 bits per heavy atom. The Balaban J connectivity index is 3.33. The maximum absolute atomic E-state index is 11.0. The van der Waals surface area contributed by atoms with Gasteiger partial charge < -0.3 is 9.47 Å². The zero-order valence-electron chi connectivity index (χ0n) is 10.3. The van der Waals surface area contributed by atoms with Gasteiger partial charge in [-0.05, 0) is 18.8 Å². The number of esters is 1. The van der Waals surface area contributed by atoms with Gasteiger partial charge in [0.15, 0.2) is 0 Å². The first kappa shape index (κ1) is 14.2. The minimum Gasteiger partial charge on any atom is -0.460 e. The highest BCUT2D eigenvalue weighted by Gasteiger charge is 2.09. The molecule has 15 heavy (non-hydrogen) atoms. The van der Waals surface area contributed by atoms with Crippen LogP contribution in [0.25, 0.3) is 0 Å². The smallest absolute Gasteiger partial charge is 0.333 e. The van der Waals surface area contributed by atoms with Gasteiger partial charge in [0.2, 0.25) is 0 Å². The highest BCUT2D eigenvalue weighted by atomic mass is 16.6. The quantitative estimate of drug-likeness (QED) is 0.387. The second kappa shape index (κ2) is 6.62. The van der Waals surface area contributed by atoms with Gasteiger partial charge in [0.1, 0.15) is 6.61 Å². The molecule has 0 saturated heterocycles. The largest absolute Gasteiger partial charge is 0.460 e. The van der Waals surface area contributed by atoms with Crippen molar-refractivity contribution in [1.29, 1.82) is 0 Å². The van der Waals surface area contributed by atoms with E-state index in [9.17, 15) is 4.79 Å². The molecule has 0 fully saturated rings. The lowest BCUT2D eigenvalue weighted by molar-refractivity contribution is -0.140. The molecule has 0 N–H and O–H groups in total. The van der Waals surface area contributed by atoms with E-state index in [4.69, 9.17) is 9.47 Å². The standard InChI is InChI=1S/C12H22O3/c1-10(2)11(13)15-9-8-14-7-6-12(3,4)5/h1,6-9H2,2-5H3. The highest BCUT2D eigenvalue weighted by Crippen LogP contribution is 2.17. The van der Waals surface area contributed by atoms with E-state index in [1.165, 1.54) is 0 Å². The summed E-state index contributed by atoms with van der Waals surface area (Å²) < 4.78 is 10.2. The number of hydrogen-bond acceptors (Lipinski definition) is 3. The predicted molar refractivity (Wildman–Crippen MR) is 60.7 cm³/mol. The predicted octanol–water partition coefficient (Wildman–Crippen LogP) is 2.56. The van der Waals surface area contributed by atoms with Crippen LogP contribution in [-0.4, -0.2) is 25.8 Å². The lowest BCUT2D eigenvalue weighted by Gasteiger charge is -2.17. The van der Waals surface area contributed by atoms with E-state index in [1.54, 1.807) is 6.92 Å². The highest BCUT2D eigenvalue weighted by molar-refractivity contribution is 5.86. The molecule has 0 aromatic rings. The molecule has 0 unspecified atom stereocenters. The molecule has 0 radical (unpaired) electrons. The number of hydrogen-bond donors (Lipinski definition) is 0. The van der Waals surface area contributed by atoms with Crippen LogP contribution in [0.3, 0.4) is 0 Å². The minimum absolute atomic E-state index is 0.286. The normalized spacial score (nSPS) is 11.2. The van der Waals surface area contributed by atoms with Gasteiger partial charge in [-0.15, -0.1) is 0 Å². The molecular formula is C12H22O3. The van der Waals surface area contributed by atoms with Crippen LogP contribution in [0, 0.1) is 5.41 Å². The molecule has 0 aliphatic rings. The topological polar surface area (TPSA) is 35.5 Å². The summed E-state index contributed by atoms with van der Waals surface area (Å²) in [6.07, 6.45) is 1.00. The van der Waals surface area contributed by atoms with Gasteiger partial charge in [-0.1, -0.05) is 27.4 Å². The molecule has 0 heterocycles. The molecule has 0 aliphatic heterocycles. The molecule has 0 rings (SSSR count). The van der Waals surface area contributed by atoms with Crippen LogP contribution in [0.4, 0.5) is 0 Å². The van der Waals surface area contributed by atoms with Crippen LogP contribution in [0.5, 0.6) is 0 Å². The Bertz CT molecular complexity index is 213. The maximum Gasteiger partial charge on any atom is 0.333 e. The number of carbonyl (C=O) groups is 1. The molecule has 3 nitrogen and oxygen atoms in total. The van der Waals surface area contributed by atoms with Crippen molar-refractivity contribution in [2.75, 3.05) is 19.8 Å². The molecule has 0 aromatic heterocycles. The lowest BCUT2D eigenvalue weighted by Crippen LogP contribution is -2.14. The fourth-order valence-electron chi connectivity index (χ4n) is 0.797. The van der Waals surface area contributed by atoms with Gasteiger partial charge in [-0.25, -0.2) is 4.79 Å². The van der Waals surface area contributed by atoms with E-state index in [1.807, 2.05) is 0 Å². The molecule has 0 aliphatic carbocycles. The Kier molecular flexibility index (Phi) is 6.25. The van der Waals surface area contributed by atoms with Crippen LogP contribution in [0.1, 0.15) is 34.1 Å². The third-order valence-electron chi connectivity index (χ3n) is 1.81. The Morgan fingerprint density at radius 1 is 1.20 bits per heavy atom. The fraction of sp³-hybridized carbons (Fsp3) is 0.750. The summed E-state index contributed by atoms with van der Waals surface area (Å²) in [5.74, 6) is -0.352. The summed E-state index contributed by atoms with van der Waals surface area (Å²) in [6.45, 7) is 13.1. The molecule has 0 atom stereocenters. The number of rotatable bonds is 6. The van der Waals surface area contributed by atoms with Crippen LogP contribution in [0.2, 0.25) is 0 Å². The van der Waals surface area contributed by atoms with E-state index in [-0.39, 0.29) is 11.4 Å². The zero-order valence-corrected chi connectivity index (χ0v) is 10.3. The minimum atomic E-state index is -0.352. The van der Waals surface area contributed by atoms with Crippen LogP contribution in [0.15, 0.2) is 12.2 Å². The van der Waals surface area contributed by atoms with E-state index in [0.717, 1.165) is 6.42 Å². The molecule has 0 spiro atoms. The van der Waals surface area contributed by atoms with Gasteiger partial charge in [0.05, 0.1) is 6.61 Å². The first-order valence-corrected chi connectivity index (χ1v) is 5.23. The second-order valence-corrected chi connectivity index (χ2v) is 4.84. The van der Waals surface area contributed by atoms with Crippen molar-refractivity contribution in [1.82, 2.24) is 0 Å². The van der Waals surface area contributed by atoms with Crippen molar-refractivity contribution in [3.05, 3.63) is 12.2 Å². The Hall–Kier alpha value is -0.830. The first-order valence-electron chi connectivity index (χ1n) is 5.23. The summed E-state index contributed by atoms with van der Waals surface area (Å²) in [5.41, 5.74) is 0.707. The Labute approximate surface area is 92.5 Å². The molecule has 0 bridgehead atoms. The van der Waals surface area contributed by atoms with E-state index >= 15 is 0 Å². The van der Waals surface area contributed by atoms with E-state index < -0.39 is 0 Å². The first-order chi connectivity index (χ1) is 6.83. The summed E-state index contributed by atoms with van der Waals surface area (Å²) in [5, 5.41) is 0. The third-order valence-corrected chi connectivity index (χ3v) is 1.81. The Morgan fingerprint density at radius 2 is 1.80 bits per heavy atom. The van der Waals surface area contributed by atoms with Crippen LogP contribution >= 0.6 is 0 Å². The van der Waals surface area contributed by atoms with Gasteiger partial charge >= 0.3 is 5.97 Å². The lowest BCUT2D eigenvalue weighted by atomic mass is 9.93. The fourth-order valence-corrected chi connectivity index (χ4v) is 0.797. The van der Waals surface area contributed by atoms with E-state index in [2.05, 4.69) is 27.4 Å². The third kappa shape index (κ3) is 9.47. The molecule has 88 valence electrons. The molecular weight excluding hydrogens is 192 g/mol. The van der Waals surface area contributed by atoms with Crippen molar-refractivity contribution >= 4 is 5.97 Å². The van der Waals surface area contributed by atoms with Crippen molar-refractivity contribution in [3.63, 3.8) is 0 Å². The summed E-state index contributed by atoms with van der Waals surface area (Å²) in [6, 6.07) is 0. The van der Waals surface area contributed by atoms with Crippen LogP contribution in [-0.2, 0) is 14.3 Å². The van der Waals surface area contributed by atoms with Crippen molar-refractivity contribution < 1.29 is 14.3 Å². The van der Waals surface area contributed by atoms with Gasteiger partial charge in [-0.3, -0.25) is 0 Å². The molecule has 3 heteroatoms. The number of carbonyl (C=O) groups excluding carboxylic acids is 1. The van der Waals surface area contributed by atoms with Gasteiger partial charge in [-0.2, -0.15) is 0 Å². The van der Waals surface area contributed by atoms with Crippen molar-refractivity contribution in [2.24, 2.45) is 5.41 Å². The van der Waals surface area contributed by atoms with Gasteiger partial charge in [0.25, 0.3) is 0 Å². The summed E-state index contributed by atoms with van der Waals surface area (Å²) in [4.78, 5) is 11.0. The maximum atomic E-state index is 11.0. The second-order valence-electron chi connectivity index (χ2n) is 4.84. The monoisotopic (exact) mass is 214 g/mol. The number of ether oxygens (including phenoxy) is 2. The zero-order chi connectivity index (χ0) is 11.9. The molecule has 0 saturated carbocycles. The van der Waals surface area contributed by atoms with Crippen molar-refractivity contribution in [2.45, 2.75) is 34.1 Å². The summed E-state index contributed by atoms with van der Waals surface area (Å²) >= 11 is 0. The average Bonchev–Trinajstić information content (AvgIpc) is 2.08. The average molecular weight is 214 g/mol. The SMILES string of the molecule is C=C(C)C(=O)OCCOCCC(C)(C)C. The molecule has 0 aromatic carbocycles.